The fourth-order valence-electron chi connectivity index (χ4n) is 3.34. The molecule has 0 aliphatic carbocycles. The molecule has 1 saturated heterocycles. The highest BCUT2D eigenvalue weighted by Crippen LogP contribution is 2.26. The van der Waals surface area contributed by atoms with Crippen LogP contribution in [0.1, 0.15) is 24.8 Å². The molecule has 11 heteroatoms. The Morgan fingerprint density at radius 2 is 1.88 bits per heavy atom. The first-order chi connectivity index (χ1) is 15.4. The van der Waals surface area contributed by atoms with Gasteiger partial charge in [0.15, 0.2) is 0 Å². The minimum atomic E-state index is -3.58. The van der Waals surface area contributed by atoms with Gasteiger partial charge in [-0.1, -0.05) is 24.2 Å². The summed E-state index contributed by atoms with van der Waals surface area (Å²) in [5.41, 5.74) is 1.99. The zero-order valence-corrected chi connectivity index (χ0v) is 19.2. The van der Waals surface area contributed by atoms with Gasteiger partial charge in [-0.3, -0.25) is 9.78 Å². The molecule has 0 radical (unpaired) electrons. The normalized spacial score (nSPS) is 14.9. The minimum absolute atomic E-state index is 0.0422. The summed E-state index contributed by atoms with van der Waals surface area (Å²) in [6.07, 6.45) is 6.03. The van der Waals surface area contributed by atoms with Crippen LogP contribution in [0.3, 0.4) is 0 Å². The van der Waals surface area contributed by atoms with Gasteiger partial charge < -0.3 is 9.73 Å². The van der Waals surface area contributed by atoms with Crippen LogP contribution in [0.5, 0.6) is 0 Å². The topological polar surface area (TPSA) is 118 Å². The van der Waals surface area contributed by atoms with E-state index in [1.807, 2.05) is 6.92 Å². The summed E-state index contributed by atoms with van der Waals surface area (Å²) in [6, 6.07) is 8.32. The number of amides is 1. The number of benzene rings is 1. The second kappa shape index (κ2) is 9.80. The van der Waals surface area contributed by atoms with E-state index < -0.39 is 10.0 Å². The number of nitrogens with zero attached hydrogens (tertiary/aromatic N) is 4. The van der Waals surface area contributed by atoms with Gasteiger partial charge in [-0.15, -0.1) is 10.2 Å². The molecule has 0 spiro atoms. The number of sulfonamides is 1. The fraction of sp³-hybridized carbons (Fsp3) is 0.333. The molecule has 2 aromatic heterocycles. The van der Waals surface area contributed by atoms with Crippen molar-refractivity contribution >= 4 is 33.4 Å². The van der Waals surface area contributed by atoms with Gasteiger partial charge in [0.25, 0.3) is 5.22 Å². The number of pyridine rings is 1. The first-order valence-electron chi connectivity index (χ1n) is 10.2. The lowest BCUT2D eigenvalue weighted by Crippen LogP contribution is -2.35. The minimum Gasteiger partial charge on any atom is -0.411 e. The van der Waals surface area contributed by atoms with Gasteiger partial charge in [-0.25, -0.2) is 8.42 Å². The molecule has 0 bridgehead atoms. The fourth-order valence-corrected chi connectivity index (χ4v) is 5.45. The Labute approximate surface area is 190 Å². The van der Waals surface area contributed by atoms with Crippen LogP contribution in [-0.4, -0.2) is 52.7 Å². The highest BCUT2D eigenvalue weighted by atomic mass is 32.2. The molecule has 1 aliphatic heterocycles. The number of rotatable bonds is 7. The molecule has 9 nitrogen and oxygen atoms in total. The molecule has 0 unspecified atom stereocenters. The first kappa shape index (κ1) is 22.4. The van der Waals surface area contributed by atoms with Crippen molar-refractivity contribution in [3.63, 3.8) is 0 Å². The molecule has 32 heavy (non-hydrogen) atoms. The number of carbonyl (C=O) groups is 1. The maximum Gasteiger partial charge on any atom is 0.277 e. The molecule has 1 aliphatic rings. The molecule has 0 atom stereocenters. The number of nitrogens with one attached hydrogen (secondary N) is 1. The van der Waals surface area contributed by atoms with Crippen LogP contribution in [0.4, 0.5) is 5.69 Å². The van der Waals surface area contributed by atoms with Crippen molar-refractivity contribution in [1.29, 1.82) is 0 Å². The highest BCUT2D eigenvalue weighted by molar-refractivity contribution is 7.99. The van der Waals surface area contributed by atoms with Gasteiger partial charge >= 0.3 is 0 Å². The highest BCUT2D eigenvalue weighted by Gasteiger charge is 2.26. The van der Waals surface area contributed by atoms with E-state index in [9.17, 15) is 13.2 Å². The summed E-state index contributed by atoms with van der Waals surface area (Å²) in [6.45, 7) is 2.87. The molecule has 1 amide bonds. The second-order valence-electron chi connectivity index (χ2n) is 7.39. The predicted molar refractivity (Wildman–Crippen MR) is 121 cm³/mol. The van der Waals surface area contributed by atoms with E-state index in [2.05, 4.69) is 20.5 Å². The van der Waals surface area contributed by atoms with Crippen LogP contribution in [-0.2, 0) is 14.8 Å². The largest absolute Gasteiger partial charge is 0.411 e. The Morgan fingerprint density at radius 1 is 1.12 bits per heavy atom. The SMILES string of the molecule is Cc1ccc(S(=O)(=O)N2CCCCC2)cc1NC(=O)CSc1nnc(-c2ccncc2)o1. The zero-order valence-electron chi connectivity index (χ0n) is 17.5. The summed E-state index contributed by atoms with van der Waals surface area (Å²) in [4.78, 5) is 16.6. The van der Waals surface area contributed by atoms with Crippen LogP contribution in [0, 0.1) is 6.92 Å². The van der Waals surface area contributed by atoms with Crippen molar-refractivity contribution in [2.75, 3.05) is 24.2 Å². The zero-order chi connectivity index (χ0) is 22.6. The molecular formula is C21H23N5O4S2. The molecule has 1 fully saturated rings. The third-order valence-corrected chi connectivity index (χ3v) is 7.81. The lowest BCUT2D eigenvalue weighted by Gasteiger charge is -2.26. The number of hydrogen-bond donors (Lipinski definition) is 1. The monoisotopic (exact) mass is 473 g/mol. The third kappa shape index (κ3) is 5.17. The van der Waals surface area contributed by atoms with E-state index in [4.69, 9.17) is 4.42 Å². The average molecular weight is 474 g/mol. The van der Waals surface area contributed by atoms with Crippen LogP contribution >= 0.6 is 11.8 Å². The number of aryl methyl sites for hydroxylation is 1. The summed E-state index contributed by atoms with van der Waals surface area (Å²) >= 11 is 1.11. The molecule has 4 rings (SSSR count). The van der Waals surface area contributed by atoms with Gasteiger partial charge in [0.1, 0.15) is 0 Å². The van der Waals surface area contributed by atoms with Crippen molar-refractivity contribution in [1.82, 2.24) is 19.5 Å². The number of aromatic nitrogens is 3. The average Bonchev–Trinajstić information content (AvgIpc) is 3.29. The van der Waals surface area contributed by atoms with Crippen LogP contribution in [0.15, 0.2) is 57.3 Å². The number of hydrogen-bond acceptors (Lipinski definition) is 8. The summed E-state index contributed by atoms with van der Waals surface area (Å²) in [5.74, 6) is 0.0941. The van der Waals surface area contributed by atoms with Crippen LogP contribution < -0.4 is 5.32 Å². The smallest absolute Gasteiger partial charge is 0.277 e. The Balaban J connectivity index is 1.40. The van der Waals surface area contributed by atoms with Gasteiger partial charge in [0, 0.05) is 36.7 Å². The van der Waals surface area contributed by atoms with Gasteiger partial charge in [0.2, 0.25) is 21.8 Å². The van der Waals surface area contributed by atoms with E-state index in [0.29, 0.717) is 24.7 Å². The third-order valence-electron chi connectivity index (χ3n) is 5.10. The summed E-state index contributed by atoms with van der Waals surface area (Å²) in [7, 11) is -3.58. The number of thioether (sulfide) groups is 1. The Bertz CT molecular complexity index is 1190. The van der Waals surface area contributed by atoms with Crippen molar-refractivity contribution in [3.05, 3.63) is 48.3 Å². The number of carbonyl (C=O) groups excluding carboxylic acids is 1. The van der Waals surface area contributed by atoms with Crippen molar-refractivity contribution in [3.8, 4) is 11.5 Å². The predicted octanol–water partition coefficient (Wildman–Crippen LogP) is 3.35. The van der Waals surface area contributed by atoms with Crippen molar-refractivity contribution in [2.45, 2.75) is 36.3 Å². The lowest BCUT2D eigenvalue weighted by molar-refractivity contribution is -0.113. The van der Waals surface area contributed by atoms with E-state index in [1.165, 1.54) is 10.4 Å². The lowest BCUT2D eigenvalue weighted by atomic mass is 10.2. The molecule has 1 N–H and O–H groups in total. The van der Waals surface area contributed by atoms with E-state index in [1.54, 1.807) is 36.7 Å². The van der Waals surface area contributed by atoms with E-state index >= 15 is 0 Å². The standard InChI is InChI=1S/C21H23N5O4S2/c1-15-5-6-17(32(28,29)26-11-3-2-4-12-26)13-18(15)23-19(27)14-31-21-25-24-20(30-21)16-7-9-22-10-8-16/h5-10,13H,2-4,11-12,14H2,1H3,(H,23,27). The number of anilines is 1. The quantitative estimate of drug-likeness (QED) is 0.519. The van der Waals surface area contributed by atoms with Crippen molar-refractivity contribution < 1.29 is 17.6 Å². The van der Waals surface area contributed by atoms with Gasteiger partial charge in [-0.2, -0.15) is 4.31 Å². The summed E-state index contributed by atoms with van der Waals surface area (Å²) in [5, 5.41) is 11.0. The molecule has 1 aromatic carbocycles. The number of piperidine rings is 1. The maximum absolute atomic E-state index is 12.9. The Kier molecular flexibility index (Phi) is 6.87. The molecular weight excluding hydrogens is 450 g/mol. The Hall–Kier alpha value is -2.76. The molecule has 0 saturated carbocycles. The van der Waals surface area contributed by atoms with Crippen LogP contribution in [0.25, 0.3) is 11.5 Å². The Morgan fingerprint density at radius 3 is 2.62 bits per heavy atom. The molecule has 3 heterocycles. The molecule has 168 valence electrons. The van der Waals surface area contributed by atoms with E-state index in [-0.39, 0.29) is 21.8 Å². The maximum atomic E-state index is 12.9. The summed E-state index contributed by atoms with van der Waals surface area (Å²) < 4.78 is 33.0. The van der Waals surface area contributed by atoms with E-state index in [0.717, 1.165) is 42.2 Å². The molecule has 3 aromatic rings. The van der Waals surface area contributed by atoms with Gasteiger partial charge in [-0.05, 0) is 49.6 Å². The van der Waals surface area contributed by atoms with Gasteiger partial charge in [0.05, 0.1) is 10.6 Å². The van der Waals surface area contributed by atoms with Crippen molar-refractivity contribution in [2.24, 2.45) is 0 Å². The first-order valence-corrected chi connectivity index (χ1v) is 12.6. The second-order valence-corrected chi connectivity index (χ2v) is 10.3. The van der Waals surface area contributed by atoms with Crippen LogP contribution in [0.2, 0.25) is 0 Å².